The molecule has 0 aliphatic heterocycles. The van der Waals surface area contributed by atoms with Gasteiger partial charge in [-0.3, -0.25) is 9.78 Å². The Morgan fingerprint density at radius 1 is 1.18 bits per heavy atom. The number of nitrogens with zero attached hydrogens (tertiary/aromatic N) is 2. The highest BCUT2D eigenvalue weighted by Gasteiger charge is 2.16. The molecule has 1 unspecified atom stereocenters. The zero-order valence-corrected chi connectivity index (χ0v) is 13.4. The van der Waals surface area contributed by atoms with Crippen LogP contribution in [0.25, 0.3) is 0 Å². The van der Waals surface area contributed by atoms with Crippen LogP contribution in [-0.4, -0.2) is 36.4 Å². The molecule has 0 spiro atoms. The van der Waals surface area contributed by atoms with Gasteiger partial charge in [-0.1, -0.05) is 37.3 Å². The maximum atomic E-state index is 12.1. The Morgan fingerprint density at radius 3 is 2.45 bits per heavy atom. The molecule has 2 aromatic rings. The average molecular weight is 297 g/mol. The molecule has 1 atom stereocenters. The van der Waals surface area contributed by atoms with E-state index in [1.807, 2.05) is 20.2 Å². The van der Waals surface area contributed by atoms with E-state index in [-0.39, 0.29) is 11.9 Å². The molecule has 0 bridgehead atoms. The minimum Gasteiger partial charge on any atom is -0.349 e. The standard InChI is InChI=1S/C18H23N3O/c1-4-14-8-10-15(11-9-14)17(21(2)3)13-20-18(22)16-7-5-6-12-19-16/h5-12,17H,4,13H2,1-3H3,(H,20,22). The topological polar surface area (TPSA) is 45.2 Å². The molecule has 1 amide bonds. The first-order valence-electron chi connectivity index (χ1n) is 7.56. The van der Waals surface area contributed by atoms with E-state index in [0.717, 1.165) is 6.42 Å². The van der Waals surface area contributed by atoms with Crippen molar-refractivity contribution < 1.29 is 4.79 Å². The Morgan fingerprint density at radius 2 is 1.91 bits per heavy atom. The lowest BCUT2D eigenvalue weighted by molar-refractivity contribution is 0.0937. The minimum atomic E-state index is -0.141. The summed E-state index contributed by atoms with van der Waals surface area (Å²) in [4.78, 5) is 18.3. The smallest absolute Gasteiger partial charge is 0.269 e. The molecule has 4 heteroatoms. The monoisotopic (exact) mass is 297 g/mol. The zero-order chi connectivity index (χ0) is 15.9. The number of hydrogen-bond acceptors (Lipinski definition) is 3. The molecule has 1 N–H and O–H groups in total. The average Bonchev–Trinajstić information content (AvgIpc) is 2.56. The van der Waals surface area contributed by atoms with Crippen molar-refractivity contribution in [2.75, 3.05) is 20.6 Å². The summed E-state index contributed by atoms with van der Waals surface area (Å²) in [5, 5.41) is 2.96. The van der Waals surface area contributed by atoms with E-state index >= 15 is 0 Å². The van der Waals surface area contributed by atoms with Gasteiger partial charge < -0.3 is 10.2 Å². The number of rotatable bonds is 6. The van der Waals surface area contributed by atoms with Gasteiger partial charge in [-0.05, 0) is 43.8 Å². The van der Waals surface area contributed by atoms with E-state index in [4.69, 9.17) is 0 Å². The summed E-state index contributed by atoms with van der Waals surface area (Å²) in [5.74, 6) is -0.141. The lowest BCUT2D eigenvalue weighted by atomic mass is 10.0. The maximum Gasteiger partial charge on any atom is 0.269 e. The van der Waals surface area contributed by atoms with Crippen LogP contribution in [0, 0.1) is 0 Å². The van der Waals surface area contributed by atoms with Crippen molar-refractivity contribution in [3.63, 3.8) is 0 Å². The molecule has 1 aromatic heterocycles. The number of nitrogens with one attached hydrogen (secondary N) is 1. The number of amides is 1. The van der Waals surface area contributed by atoms with Gasteiger partial charge in [0, 0.05) is 12.7 Å². The van der Waals surface area contributed by atoms with E-state index in [1.165, 1.54) is 11.1 Å². The molecule has 0 aliphatic carbocycles. The largest absolute Gasteiger partial charge is 0.349 e. The van der Waals surface area contributed by atoms with E-state index in [9.17, 15) is 4.79 Å². The summed E-state index contributed by atoms with van der Waals surface area (Å²) in [6.45, 7) is 2.69. The zero-order valence-electron chi connectivity index (χ0n) is 13.4. The van der Waals surface area contributed by atoms with Gasteiger partial charge in [-0.2, -0.15) is 0 Å². The third-order valence-corrected chi connectivity index (χ3v) is 3.75. The normalized spacial score (nSPS) is 12.2. The van der Waals surface area contributed by atoms with Gasteiger partial charge in [-0.25, -0.2) is 0 Å². The van der Waals surface area contributed by atoms with Crippen LogP contribution in [0.3, 0.4) is 0 Å². The van der Waals surface area contributed by atoms with Crippen LogP contribution < -0.4 is 5.32 Å². The number of carbonyl (C=O) groups is 1. The van der Waals surface area contributed by atoms with Crippen LogP contribution in [-0.2, 0) is 6.42 Å². The number of aryl methyl sites for hydroxylation is 1. The van der Waals surface area contributed by atoms with Crippen molar-refractivity contribution in [3.05, 3.63) is 65.5 Å². The fraction of sp³-hybridized carbons (Fsp3) is 0.333. The number of likely N-dealkylation sites (N-methyl/N-ethyl adjacent to an activating group) is 1. The molecule has 2 rings (SSSR count). The molecule has 0 fully saturated rings. The van der Waals surface area contributed by atoms with E-state index in [1.54, 1.807) is 18.3 Å². The highest BCUT2D eigenvalue weighted by Crippen LogP contribution is 2.18. The van der Waals surface area contributed by atoms with E-state index < -0.39 is 0 Å². The van der Waals surface area contributed by atoms with E-state index in [0.29, 0.717) is 12.2 Å². The Kier molecular flexibility index (Phi) is 5.67. The summed E-state index contributed by atoms with van der Waals surface area (Å²) >= 11 is 0. The molecular formula is C18H23N3O. The second kappa shape index (κ2) is 7.71. The number of aromatic nitrogens is 1. The Bertz CT molecular complexity index is 593. The quantitative estimate of drug-likeness (QED) is 0.891. The lowest BCUT2D eigenvalue weighted by Gasteiger charge is -2.25. The Balaban J connectivity index is 2.04. The van der Waals surface area contributed by atoms with Crippen LogP contribution in [0.1, 0.15) is 34.6 Å². The van der Waals surface area contributed by atoms with Crippen molar-refractivity contribution in [1.82, 2.24) is 15.2 Å². The fourth-order valence-corrected chi connectivity index (χ4v) is 2.35. The summed E-state index contributed by atoms with van der Waals surface area (Å²) in [6.07, 6.45) is 2.66. The third-order valence-electron chi connectivity index (χ3n) is 3.75. The summed E-state index contributed by atoms with van der Waals surface area (Å²) in [7, 11) is 4.04. The first-order chi connectivity index (χ1) is 10.6. The summed E-state index contributed by atoms with van der Waals surface area (Å²) in [5.41, 5.74) is 2.96. The van der Waals surface area contributed by atoms with Crippen molar-refractivity contribution in [1.29, 1.82) is 0 Å². The number of carbonyl (C=O) groups excluding carboxylic acids is 1. The predicted molar refractivity (Wildman–Crippen MR) is 88.8 cm³/mol. The number of hydrogen-bond donors (Lipinski definition) is 1. The molecule has 116 valence electrons. The highest BCUT2D eigenvalue weighted by molar-refractivity contribution is 5.92. The molecule has 0 saturated carbocycles. The van der Waals surface area contributed by atoms with Gasteiger partial charge in [0.25, 0.3) is 5.91 Å². The molecule has 1 aromatic carbocycles. The molecule has 1 heterocycles. The third kappa shape index (κ3) is 4.15. The van der Waals surface area contributed by atoms with Gasteiger partial charge in [0.05, 0.1) is 6.04 Å². The molecular weight excluding hydrogens is 274 g/mol. The predicted octanol–water partition coefficient (Wildman–Crippen LogP) is 2.68. The Labute approximate surface area is 132 Å². The first kappa shape index (κ1) is 16.2. The summed E-state index contributed by atoms with van der Waals surface area (Å²) < 4.78 is 0. The minimum absolute atomic E-state index is 0.138. The highest BCUT2D eigenvalue weighted by atomic mass is 16.1. The van der Waals surface area contributed by atoms with Crippen LogP contribution in [0.2, 0.25) is 0 Å². The van der Waals surface area contributed by atoms with Crippen LogP contribution in [0.5, 0.6) is 0 Å². The Hall–Kier alpha value is -2.20. The molecule has 0 radical (unpaired) electrons. The van der Waals surface area contributed by atoms with Gasteiger partial charge in [-0.15, -0.1) is 0 Å². The van der Waals surface area contributed by atoms with Crippen LogP contribution in [0.4, 0.5) is 0 Å². The van der Waals surface area contributed by atoms with Crippen molar-refractivity contribution >= 4 is 5.91 Å². The molecule has 0 saturated heterocycles. The van der Waals surface area contributed by atoms with Gasteiger partial charge in [0.2, 0.25) is 0 Å². The van der Waals surface area contributed by atoms with Crippen LogP contribution in [0.15, 0.2) is 48.7 Å². The van der Waals surface area contributed by atoms with E-state index in [2.05, 4.69) is 46.4 Å². The second-order valence-electron chi connectivity index (χ2n) is 5.50. The second-order valence-corrected chi connectivity index (χ2v) is 5.50. The van der Waals surface area contributed by atoms with Crippen molar-refractivity contribution in [2.24, 2.45) is 0 Å². The van der Waals surface area contributed by atoms with Gasteiger partial charge in [0.15, 0.2) is 0 Å². The maximum absolute atomic E-state index is 12.1. The first-order valence-corrected chi connectivity index (χ1v) is 7.56. The van der Waals surface area contributed by atoms with Crippen molar-refractivity contribution in [3.8, 4) is 0 Å². The molecule has 22 heavy (non-hydrogen) atoms. The van der Waals surface area contributed by atoms with Gasteiger partial charge >= 0.3 is 0 Å². The lowest BCUT2D eigenvalue weighted by Crippen LogP contribution is -2.34. The fourth-order valence-electron chi connectivity index (χ4n) is 2.35. The number of benzene rings is 1. The van der Waals surface area contributed by atoms with Crippen LogP contribution >= 0.6 is 0 Å². The van der Waals surface area contributed by atoms with Crippen molar-refractivity contribution in [2.45, 2.75) is 19.4 Å². The molecule has 0 aliphatic rings. The number of pyridine rings is 1. The SMILES string of the molecule is CCc1ccc(C(CNC(=O)c2ccccn2)N(C)C)cc1. The van der Waals surface area contributed by atoms with Gasteiger partial charge in [0.1, 0.15) is 5.69 Å². The molecule has 4 nitrogen and oxygen atoms in total. The summed E-state index contributed by atoms with van der Waals surface area (Å²) in [6, 6.07) is 14.0.